The monoisotopic (exact) mass is 375 g/mol. The molecule has 5 nitrogen and oxygen atoms in total. The largest absolute Gasteiger partial charge is 0.492 e. The van der Waals surface area contributed by atoms with Crippen molar-refractivity contribution in [3.63, 3.8) is 0 Å². The summed E-state index contributed by atoms with van der Waals surface area (Å²) in [7, 11) is 0. The number of imidazole rings is 1. The number of rotatable bonds is 6. The Balaban J connectivity index is 1.38. The van der Waals surface area contributed by atoms with Gasteiger partial charge in [-0.1, -0.05) is 29.8 Å². The summed E-state index contributed by atoms with van der Waals surface area (Å²) in [6.07, 6.45) is 2.87. The molecule has 144 valence electrons. The van der Waals surface area contributed by atoms with Gasteiger partial charge in [0.15, 0.2) is 0 Å². The fourth-order valence-corrected chi connectivity index (χ4v) is 4.17. The standard InChI is InChI=1S/C23H25N3O2/c1-16-6-10-19(11-7-16)28-13-12-25-21-5-3-2-4-20(21)24-23(25)17-14-22(27)26(15-17)18-8-9-18/h2-7,10-11,17-18H,8-9,12-15H2,1H3. The van der Waals surface area contributed by atoms with Gasteiger partial charge in [-0.3, -0.25) is 4.79 Å². The SMILES string of the molecule is Cc1ccc(OCCn2c(C3CC(=O)N(C4CC4)C3)nc3ccccc32)cc1. The van der Waals surface area contributed by atoms with E-state index in [9.17, 15) is 4.79 Å². The van der Waals surface area contributed by atoms with E-state index < -0.39 is 0 Å². The number of hydrogen-bond acceptors (Lipinski definition) is 3. The molecule has 5 rings (SSSR count). The summed E-state index contributed by atoms with van der Waals surface area (Å²) in [5, 5.41) is 0. The first-order chi connectivity index (χ1) is 13.7. The lowest BCUT2D eigenvalue weighted by Gasteiger charge is -2.16. The minimum absolute atomic E-state index is 0.167. The van der Waals surface area contributed by atoms with Gasteiger partial charge < -0.3 is 14.2 Å². The molecule has 0 bridgehead atoms. The first-order valence-corrected chi connectivity index (χ1v) is 10.1. The van der Waals surface area contributed by atoms with Crippen LogP contribution in [0.25, 0.3) is 11.0 Å². The topological polar surface area (TPSA) is 47.4 Å². The maximum absolute atomic E-state index is 12.5. The van der Waals surface area contributed by atoms with Crippen molar-refractivity contribution >= 4 is 16.9 Å². The van der Waals surface area contributed by atoms with E-state index in [2.05, 4.69) is 34.6 Å². The summed E-state index contributed by atoms with van der Waals surface area (Å²) < 4.78 is 8.21. The van der Waals surface area contributed by atoms with E-state index in [1.54, 1.807) is 0 Å². The summed E-state index contributed by atoms with van der Waals surface area (Å²) in [4.78, 5) is 19.4. The Kier molecular flexibility index (Phi) is 4.30. The molecule has 28 heavy (non-hydrogen) atoms. The van der Waals surface area contributed by atoms with Crippen LogP contribution in [0.1, 0.15) is 36.6 Å². The lowest BCUT2D eigenvalue weighted by atomic mass is 10.1. The summed E-state index contributed by atoms with van der Waals surface area (Å²) in [6, 6.07) is 16.8. The Morgan fingerprint density at radius 3 is 2.68 bits per heavy atom. The minimum Gasteiger partial charge on any atom is -0.492 e. The lowest BCUT2D eigenvalue weighted by molar-refractivity contribution is -0.128. The number of aryl methyl sites for hydroxylation is 1. The Morgan fingerprint density at radius 1 is 1.11 bits per heavy atom. The van der Waals surface area contributed by atoms with Crippen molar-refractivity contribution in [1.29, 1.82) is 0 Å². The summed E-state index contributed by atoms with van der Waals surface area (Å²) >= 11 is 0. The number of benzene rings is 2. The molecule has 1 aliphatic heterocycles. The van der Waals surface area contributed by atoms with Gasteiger partial charge in [0, 0.05) is 24.9 Å². The third-order valence-corrected chi connectivity index (χ3v) is 5.80. The Morgan fingerprint density at radius 2 is 1.89 bits per heavy atom. The van der Waals surface area contributed by atoms with Crippen LogP contribution in [0, 0.1) is 6.92 Å². The van der Waals surface area contributed by atoms with Crippen molar-refractivity contribution < 1.29 is 9.53 Å². The van der Waals surface area contributed by atoms with E-state index in [0.29, 0.717) is 19.1 Å². The average molecular weight is 375 g/mol. The quantitative estimate of drug-likeness (QED) is 0.656. The second kappa shape index (κ2) is 6.97. The molecule has 0 N–H and O–H groups in total. The summed E-state index contributed by atoms with van der Waals surface area (Å²) in [5.74, 6) is 2.35. The molecule has 2 aromatic carbocycles. The van der Waals surface area contributed by atoms with Crippen molar-refractivity contribution in [2.24, 2.45) is 0 Å². The highest BCUT2D eigenvalue weighted by Gasteiger charge is 2.41. The first-order valence-electron chi connectivity index (χ1n) is 10.1. The van der Waals surface area contributed by atoms with E-state index in [-0.39, 0.29) is 11.8 Å². The normalized spacial score (nSPS) is 19.5. The van der Waals surface area contributed by atoms with Gasteiger partial charge in [0.2, 0.25) is 5.91 Å². The molecule has 1 aliphatic carbocycles. The lowest BCUT2D eigenvalue weighted by Crippen LogP contribution is -2.27. The van der Waals surface area contributed by atoms with Crippen molar-refractivity contribution in [2.45, 2.75) is 44.7 Å². The van der Waals surface area contributed by atoms with Crippen molar-refractivity contribution in [1.82, 2.24) is 14.5 Å². The number of carbonyl (C=O) groups is 1. The van der Waals surface area contributed by atoms with E-state index in [4.69, 9.17) is 9.72 Å². The molecule has 0 radical (unpaired) electrons. The molecular weight excluding hydrogens is 350 g/mol. The van der Waals surface area contributed by atoms with Crippen LogP contribution >= 0.6 is 0 Å². The summed E-state index contributed by atoms with van der Waals surface area (Å²) in [6.45, 7) is 4.16. The Labute approximate surface area is 164 Å². The number of fused-ring (bicyclic) bond motifs is 1. The number of likely N-dealkylation sites (tertiary alicyclic amines) is 1. The molecule has 3 aromatic rings. The van der Waals surface area contributed by atoms with E-state index in [0.717, 1.165) is 48.5 Å². The number of aromatic nitrogens is 2. The van der Waals surface area contributed by atoms with Gasteiger partial charge in [-0.25, -0.2) is 4.98 Å². The van der Waals surface area contributed by atoms with Crippen molar-refractivity contribution in [2.75, 3.05) is 13.2 Å². The number of para-hydroxylation sites is 2. The van der Waals surface area contributed by atoms with Crippen molar-refractivity contribution in [3.8, 4) is 5.75 Å². The Hall–Kier alpha value is -2.82. The van der Waals surface area contributed by atoms with Crippen LogP contribution < -0.4 is 4.74 Å². The fraction of sp³-hybridized carbons (Fsp3) is 0.391. The third kappa shape index (κ3) is 3.26. The van der Waals surface area contributed by atoms with Crippen LogP contribution in [0.2, 0.25) is 0 Å². The van der Waals surface area contributed by atoms with Crippen LogP contribution in [0.15, 0.2) is 48.5 Å². The highest BCUT2D eigenvalue weighted by atomic mass is 16.5. The van der Waals surface area contributed by atoms with Gasteiger partial charge in [-0.05, 0) is 44.0 Å². The van der Waals surface area contributed by atoms with Gasteiger partial charge >= 0.3 is 0 Å². The molecule has 1 saturated heterocycles. The van der Waals surface area contributed by atoms with Gasteiger partial charge in [0.1, 0.15) is 18.2 Å². The second-order valence-corrected chi connectivity index (χ2v) is 7.95. The molecule has 2 fully saturated rings. The molecule has 0 spiro atoms. The van der Waals surface area contributed by atoms with Crippen LogP contribution in [0.5, 0.6) is 5.75 Å². The highest BCUT2D eigenvalue weighted by molar-refractivity contribution is 5.81. The molecule has 1 aromatic heterocycles. The Bertz CT molecular complexity index is 1000. The number of amides is 1. The second-order valence-electron chi connectivity index (χ2n) is 7.95. The molecule has 5 heteroatoms. The van der Waals surface area contributed by atoms with Gasteiger partial charge in [-0.2, -0.15) is 0 Å². The maximum Gasteiger partial charge on any atom is 0.223 e. The average Bonchev–Trinajstić information content (AvgIpc) is 3.38. The van der Waals surface area contributed by atoms with Gasteiger partial charge in [0.05, 0.1) is 17.6 Å². The first kappa shape index (κ1) is 17.3. The molecule has 2 aliphatic rings. The van der Waals surface area contributed by atoms with Gasteiger partial charge in [0.25, 0.3) is 0 Å². The smallest absolute Gasteiger partial charge is 0.223 e. The van der Waals surface area contributed by atoms with Crippen LogP contribution in [0.3, 0.4) is 0 Å². The zero-order valence-electron chi connectivity index (χ0n) is 16.2. The number of ether oxygens (including phenoxy) is 1. The summed E-state index contributed by atoms with van der Waals surface area (Å²) in [5.41, 5.74) is 3.33. The van der Waals surface area contributed by atoms with Crippen molar-refractivity contribution in [3.05, 3.63) is 59.9 Å². The minimum atomic E-state index is 0.167. The number of nitrogens with zero attached hydrogens (tertiary/aromatic N) is 3. The molecule has 1 unspecified atom stereocenters. The third-order valence-electron chi connectivity index (χ3n) is 5.80. The van der Waals surface area contributed by atoms with Crippen LogP contribution in [0.4, 0.5) is 0 Å². The number of hydrogen-bond donors (Lipinski definition) is 0. The predicted octanol–water partition coefficient (Wildman–Crippen LogP) is 3.90. The predicted molar refractivity (Wildman–Crippen MR) is 109 cm³/mol. The molecule has 1 saturated carbocycles. The van der Waals surface area contributed by atoms with E-state index in [1.807, 2.05) is 30.3 Å². The number of carbonyl (C=O) groups excluding carboxylic acids is 1. The fourth-order valence-electron chi connectivity index (χ4n) is 4.17. The zero-order chi connectivity index (χ0) is 19.1. The van der Waals surface area contributed by atoms with E-state index >= 15 is 0 Å². The molecular formula is C23H25N3O2. The van der Waals surface area contributed by atoms with E-state index in [1.165, 1.54) is 5.56 Å². The molecule has 1 atom stereocenters. The zero-order valence-corrected chi connectivity index (χ0v) is 16.2. The van der Waals surface area contributed by atoms with Crippen LogP contribution in [-0.4, -0.2) is 39.6 Å². The maximum atomic E-state index is 12.5. The van der Waals surface area contributed by atoms with Crippen LogP contribution in [-0.2, 0) is 11.3 Å². The molecule has 2 heterocycles. The molecule has 1 amide bonds. The van der Waals surface area contributed by atoms with Gasteiger partial charge in [-0.15, -0.1) is 0 Å². The highest BCUT2D eigenvalue weighted by Crippen LogP contribution is 2.37.